The third kappa shape index (κ3) is 1.71. The highest BCUT2D eigenvalue weighted by molar-refractivity contribution is 5.13. The summed E-state index contributed by atoms with van der Waals surface area (Å²) in [6, 6.07) is 3.62. The number of nitrogens with one attached hydrogen (secondary N) is 1. The molecule has 16 heavy (non-hydrogen) atoms. The molecule has 1 fully saturated rings. The van der Waals surface area contributed by atoms with E-state index >= 15 is 0 Å². The molecule has 2 aromatic rings. The van der Waals surface area contributed by atoms with Crippen LogP contribution in [0.15, 0.2) is 22.8 Å². The van der Waals surface area contributed by atoms with Crippen molar-refractivity contribution in [2.24, 2.45) is 0 Å². The van der Waals surface area contributed by atoms with Crippen molar-refractivity contribution in [1.29, 1.82) is 0 Å². The van der Waals surface area contributed by atoms with Gasteiger partial charge in [0.2, 0.25) is 5.88 Å². The predicted octanol–water partition coefficient (Wildman–Crippen LogP) is 0.722. The van der Waals surface area contributed by atoms with Crippen molar-refractivity contribution >= 4 is 0 Å². The van der Waals surface area contributed by atoms with Gasteiger partial charge in [-0.2, -0.15) is 0 Å². The Morgan fingerprint density at radius 3 is 3.25 bits per heavy atom. The summed E-state index contributed by atoms with van der Waals surface area (Å²) in [5.41, 5.74) is 0. The molecule has 3 rings (SSSR count). The maximum Gasteiger partial charge on any atom is 0.239 e. The first-order valence-electron chi connectivity index (χ1n) is 5.48. The van der Waals surface area contributed by atoms with E-state index in [-0.39, 0.29) is 0 Å². The minimum absolute atomic E-state index is 0.373. The smallest absolute Gasteiger partial charge is 0.239 e. The molecule has 0 radical (unpaired) electrons. The van der Waals surface area contributed by atoms with E-state index in [1.165, 1.54) is 11.2 Å². The molecule has 0 saturated carbocycles. The van der Waals surface area contributed by atoms with Gasteiger partial charge in [-0.1, -0.05) is 4.80 Å². The molecule has 3 heterocycles. The Morgan fingerprint density at radius 2 is 2.50 bits per heavy atom. The number of hydrogen-bond donors (Lipinski definition) is 1. The Kier molecular flexibility index (Phi) is 2.41. The first-order valence-corrected chi connectivity index (χ1v) is 5.48. The van der Waals surface area contributed by atoms with Crippen LogP contribution in [0.3, 0.4) is 0 Å². The molecule has 1 saturated heterocycles. The normalized spacial score (nSPS) is 21.1. The molecule has 1 N–H and O–H groups in total. The first-order chi connectivity index (χ1) is 7.93. The number of nitrogens with zero attached hydrogens (tertiary/aromatic N) is 4. The molecule has 0 aromatic carbocycles. The van der Waals surface area contributed by atoms with Crippen LogP contribution < -0.4 is 5.32 Å². The fourth-order valence-electron chi connectivity index (χ4n) is 1.94. The van der Waals surface area contributed by atoms with Crippen LogP contribution >= 0.6 is 0 Å². The van der Waals surface area contributed by atoms with Gasteiger partial charge in [-0.15, -0.1) is 10.2 Å². The van der Waals surface area contributed by atoms with Gasteiger partial charge >= 0.3 is 0 Å². The van der Waals surface area contributed by atoms with Crippen molar-refractivity contribution in [1.82, 2.24) is 25.5 Å². The van der Waals surface area contributed by atoms with Crippen LogP contribution in [0.4, 0.5) is 0 Å². The molecule has 0 aliphatic carbocycles. The lowest BCUT2D eigenvalue weighted by atomic mass is 9.99. The molecule has 1 aliphatic rings. The average Bonchev–Trinajstić information content (AvgIpc) is 3.01. The number of hydrogen-bond acceptors (Lipinski definition) is 5. The monoisotopic (exact) mass is 219 g/mol. The highest BCUT2D eigenvalue weighted by atomic mass is 16.3. The topological polar surface area (TPSA) is 68.8 Å². The zero-order valence-electron chi connectivity index (χ0n) is 8.83. The van der Waals surface area contributed by atoms with E-state index in [1.54, 1.807) is 12.3 Å². The average molecular weight is 219 g/mol. The van der Waals surface area contributed by atoms with Gasteiger partial charge in [0.1, 0.15) is 0 Å². The maximum atomic E-state index is 5.20. The lowest BCUT2D eigenvalue weighted by molar-refractivity contribution is 0.444. The third-order valence-electron chi connectivity index (χ3n) is 2.79. The van der Waals surface area contributed by atoms with Crippen molar-refractivity contribution in [3.8, 4) is 5.88 Å². The Morgan fingerprint density at radius 1 is 1.50 bits per heavy atom. The van der Waals surface area contributed by atoms with Crippen molar-refractivity contribution in [2.45, 2.75) is 18.8 Å². The predicted molar refractivity (Wildman–Crippen MR) is 56.3 cm³/mol. The van der Waals surface area contributed by atoms with Crippen LogP contribution in [0.2, 0.25) is 0 Å². The van der Waals surface area contributed by atoms with E-state index in [9.17, 15) is 0 Å². The zero-order valence-corrected chi connectivity index (χ0v) is 8.83. The van der Waals surface area contributed by atoms with Crippen LogP contribution in [0.1, 0.15) is 24.6 Å². The van der Waals surface area contributed by atoms with Gasteiger partial charge < -0.3 is 9.73 Å². The molecule has 0 bridgehead atoms. The highest BCUT2D eigenvalue weighted by Gasteiger charge is 2.20. The Bertz CT molecular complexity index is 443. The van der Waals surface area contributed by atoms with Gasteiger partial charge in [0.15, 0.2) is 5.82 Å². The third-order valence-corrected chi connectivity index (χ3v) is 2.79. The van der Waals surface area contributed by atoms with E-state index in [2.05, 4.69) is 20.7 Å². The fourth-order valence-corrected chi connectivity index (χ4v) is 1.94. The Balaban J connectivity index is 1.82. The second-order valence-corrected chi connectivity index (χ2v) is 3.93. The van der Waals surface area contributed by atoms with Crippen LogP contribution in [-0.4, -0.2) is 33.3 Å². The Labute approximate surface area is 92.6 Å². The fraction of sp³-hybridized carbons (Fsp3) is 0.500. The van der Waals surface area contributed by atoms with Crippen molar-refractivity contribution in [3.05, 3.63) is 24.2 Å². The molecule has 6 heteroatoms. The van der Waals surface area contributed by atoms with Crippen molar-refractivity contribution < 1.29 is 4.42 Å². The number of tetrazole rings is 1. The molecule has 0 amide bonds. The van der Waals surface area contributed by atoms with Crippen LogP contribution in [0, 0.1) is 0 Å². The quantitative estimate of drug-likeness (QED) is 0.806. The lowest BCUT2D eigenvalue weighted by Crippen LogP contribution is -2.29. The summed E-state index contributed by atoms with van der Waals surface area (Å²) in [4.78, 5) is 1.43. The van der Waals surface area contributed by atoms with E-state index < -0.39 is 0 Å². The molecular formula is C10H13N5O. The summed E-state index contributed by atoms with van der Waals surface area (Å²) in [5, 5.41) is 15.7. The van der Waals surface area contributed by atoms with E-state index in [0.717, 1.165) is 25.3 Å². The van der Waals surface area contributed by atoms with Gasteiger partial charge in [0.25, 0.3) is 0 Å². The summed E-state index contributed by atoms with van der Waals surface area (Å²) < 4.78 is 5.20. The molecule has 1 unspecified atom stereocenters. The SMILES string of the molecule is c1coc(-n2nnc(C3CCCNC3)n2)c1. The maximum absolute atomic E-state index is 5.20. The number of furan rings is 1. The summed E-state index contributed by atoms with van der Waals surface area (Å²) in [6.07, 6.45) is 3.89. The van der Waals surface area contributed by atoms with Gasteiger partial charge in [-0.25, -0.2) is 0 Å². The molecular weight excluding hydrogens is 206 g/mol. The highest BCUT2D eigenvalue weighted by Crippen LogP contribution is 2.19. The van der Waals surface area contributed by atoms with Gasteiger partial charge in [0, 0.05) is 18.5 Å². The van der Waals surface area contributed by atoms with E-state index in [0.29, 0.717) is 11.8 Å². The van der Waals surface area contributed by atoms with Crippen LogP contribution in [-0.2, 0) is 0 Å². The second-order valence-electron chi connectivity index (χ2n) is 3.93. The second kappa shape index (κ2) is 4.05. The van der Waals surface area contributed by atoms with E-state index in [1.807, 2.05) is 6.07 Å². The summed E-state index contributed by atoms with van der Waals surface area (Å²) in [7, 11) is 0. The lowest BCUT2D eigenvalue weighted by Gasteiger charge is -2.19. The van der Waals surface area contributed by atoms with Gasteiger partial charge in [0.05, 0.1) is 6.26 Å². The minimum atomic E-state index is 0.373. The summed E-state index contributed by atoms with van der Waals surface area (Å²) in [5.74, 6) is 1.77. The molecule has 1 atom stereocenters. The largest absolute Gasteiger partial charge is 0.445 e. The standard InChI is InChI=1S/C10H13N5O/c1-3-8(7-11-5-1)10-12-14-15(13-10)9-4-2-6-16-9/h2,4,6,8,11H,1,3,5,7H2. The first kappa shape index (κ1) is 9.53. The summed E-state index contributed by atoms with van der Waals surface area (Å²) in [6.45, 7) is 2.02. The minimum Gasteiger partial charge on any atom is -0.445 e. The summed E-state index contributed by atoms with van der Waals surface area (Å²) >= 11 is 0. The van der Waals surface area contributed by atoms with Crippen molar-refractivity contribution in [2.75, 3.05) is 13.1 Å². The number of rotatable bonds is 2. The van der Waals surface area contributed by atoms with Gasteiger partial charge in [-0.3, -0.25) is 0 Å². The zero-order chi connectivity index (χ0) is 10.8. The number of aromatic nitrogens is 4. The molecule has 1 aliphatic heterocycles. The molecule has 6 nitrogen and oxygen atoms in total. The van der Waals surface area contributed by atoms with Crippen LogP contribution in [0.5, 0.6) is 0 Å². The van der Waals surface area contributed by atoms with E-state index in [4.69, 9.17) is 4.42 Å². The van der Waals surface area contributed by atoms with Crippen LogP contribution in [0.25, 0.3) is 5.88 Å². The van der Waals surface area contributed by atoms with Gasteiger partial charge in [-0.05, 0) is 30.7 Å². The molecule has 0 spiro atoms. The van der Waals surface area contributed by atoms with Crippen molar-refractivity contribution in [3.63, 3.8) is 0 Å². The number of piperidine rings is 1. The molecule has 84 valence electrons. The Hall–Kier alpha value is -1.69. The molecule has 2 aromatic heterocycles.